The van der Waals surface area contributed by atoms with Crippen LogP contribution in [-0.4, -0.2) is 240 Å². The van der Waals surface area contributed by atoms with Gasteiger partial charge in [-0.1, -0.05) is 56.3 Å². The van der Waals surface area contributed by atoms with Gasteiger partial charge in [-0.25, -0.2) is 0 Å². The number of hydrogen-bond donors (Lipinski definition) is 23. The topological polar surface area (TPSA) is 685 Å². The Balaban J connectivity index is 2.01. The maximum Gasteiger partial charge on any atom is 0.305 e. The number of benzene rings is 2. The number of carbonyl (C=O) groups is 16. The molecule has 1 aliphatic heterocycles. The highest BCUT2D eigenvalue weighted by atomic mass is 32.2. The molecule has 1 saturated heterocycles. The molecular formula is C74H119N21O19S. The van der Waals surface area contributed by atoms with Gasteiger partial charge in [-0.3, -0.25) is 81.7 Å². The normalized spacial score (nSPS) is 15.2. The molecule has 115 heavy (non-hydrogen) atoms. The van der Waals surface area contributed by atoms with Gasteiger partial charge in [0, 0.05) is 25.8 Å². The fourth-order valence-corrected chi connectivity index (χ4v) is 12.5. The van der Waals surface area contributed by atoms with Crippen molar-refractivity contribution in [3.8, 4) is 5.75 Å². The van der Waals surface area contributed by atoms with E-state index in [0.717, 1.165) is 0 Å². The first-order chi connectivity index (χ1) is 54.7. The first kappa shape index (κ1) is 98.4. The van der Waals surface area contributed by atoms with Crippen molar-refractivity contribution >= 4 is 112 Å². The van der Waals surface area contributed by atoms with Crippen molar-refractivity contribution in [2.45, 2.75) is 228 Å². The number of thioether (sulfide) groups is 1. The summed E-state index contributed by atoms with van der Waals surface area (Å²) in [6, 6.07) is -4.08. The standard InChI is InChI=1S/C74H119N21O19S/c1-42(2)36-53(70(111)86-46(62(79)103)29-35-115-3)85-59(98)41-83-63(104)54(38-44-23-25-45(96)26-24-44)92-71(112)55(37-43-16-5-4-6-17-43)93-68(109)51(22-15-34-82-74(80)81)91-73(114)57(40-61(101)102)95-67(108)50(21-10-14-33-78)88-65(106)48(19-8-12-31-76)90-72(113)56(39-60(99)100)94-66(107)49(20-9-13-32-77)87-64(105)47(18-7-11-30-75)89-69(110)52-27-28-58(97)84-52/h4-6,16-17,23-26,42,46-57,96H,7-15,18-22,27-41,75-78H2,1-3H3,(H2,79,103)(H,83,104)(H,84,97)(H,85,98)(H,86,111)(H,87,105)(H,88,106)(H,89,110)(H,90,113)(H,91,114)(H,92,112)(H,93,109)(H,94,107)(H,95,108)(H,99,100)(H,101,102)(H4,80,81,82)/t46-,47-,48-,49-,50-,51-,52-,53-,54-,55-,56-,57-/m0/s1. The third kappa shape index (κ3) is 39.2. The first-order valence-corrected chi connectivity index (χ1v) is 39.9. The van der Waals surface area contributed by atoms with Gasteiger partial charge in [0.15, 0.2) is 5.96 Å². The summed E-state index contributed by atoms with van der Waals surface area (Å²) in [5.74, 6) is -16.2. The number of hydrogen-bond acceptors (Lipinski definition) is 23. The number of aliphatic imine (C=N–C) groups is 1. The molecule has 2 aromatic rings. The molecular weight excluding hydrogens is 1520 g/mol. The molecule has 0 saturated carbocycles. The van der Waals surface area contributed by atoms with Crippen molar-refractivity contribution in [1.82, 2.24) is 69.1 Å². The van der Waals surface area contributed by atoms with Crippen LogP contribution >= 0.6 is 11.8 Å². The van der Waals surface area contributed by atoms with Gasteiger partial charge in [0.1, 0.15) is 78.3 Å². The fraction of sp³-hybridized carbons (Fsp3) is 0.608. The van der Waals surface area contributed by atoms with E-state index in [1.807, 2.05) is 6.26 Å². The number of carboxylic acid groups (broad SMARTS) is 2. The number of carbonyl (C=O) groups excluding carboxylic acids is 14. The van der Waals surface area contributed by atoms with Gasteiger partial charge in [-0.05, 0) is 177 Å². The number of amides is 14. The lowest BCUT2D eigenvalue weighted by Crippen LogP contribution is -2.61. The summed E-state index contributed by atoms with van der Waals surface area (Å²) in [4.78, 5) is 224. The maximum absolute atomic E-state index is 14.9. The van der Waals surface area contributed by atoms with Crippen LogP contribution in [0.15, 0.2) is 59.6 Å². The van der Waals surface area contributed by atoms with E-state index in [4.69, 9.17) is 40.1 Å². The molecule has 2 aromatic carbocycles. The second-order valence-electron chi connectivity index (χ2n) is 28.3. The van der Waals surface area contributed by atoms with Crippen molar-refractivity contribution in [3.05, 3.63) is 65.7 Å². The van der Waals surface area contributed by atoms with Gasteiger partial charge < -0.3 is 125 Å². The quantitative estimate of drug-likeness (QED) is 0.0167. The summed E-state index contributed by atoms with van der Waals surface area (Å²) in [6.07, 6.45) is 1.05. The van der Waals surface area contributed by atoms with Crippen LogP contribution in [0.5, 0.6) is 5.75 Å². The summed E-state index contributed by atoms with van der Waals surface area (Å²) in [5.41, 5.74) is 40.7. The van der Waals surface area contributed by atoms with E-state index in [1.54, 1.807) is 44.2 Å². The third-order valence-electron chi connectivity index (χ3n) is 18.2. The molecule has 14 amide bonds. The number of aromatic hydroxyl groups is 1. The van der Waals surface area contributed by atoms with E-state index in [-0.39, 0.29) is 165 Å². The van der Waals surface area contributed by atoms with Gasteiger partial charge in [0.05, 0.1) is 19.4 Å². The lowest BCUT2D eigenvalue weighted by molar-refractivity contribution is -0.142. The molecule has 30 N–H and O–H groups in total. The minimum absolute atomic E-state index is 0.0573. The number of unbranched alkanes of at least 4 members (excludes halogenated alkanes) is 4. The summed E-state index contributed by atoms with van der Waals surface area (Å²) >= 11 is 1.43. The molecule has 1 fully saturated rings. The second-order valence-corrected chi connectivity index (χ2v) is 29.3. The van der Waals surface area contributed by atoms with E-state index in [0.29, 0.717) is 36.1 Å². The maximum atomic E-state index is 14.9. The molecule has 41 heteroatoms. The predicted molar refractivity (Wildman–Crippen MR) is 425 cm³/mol. The van der Waals surface area contributed by atoms with Gasteiger partial charge in [0.25, 0.3) is 0 Å². The molecule has 40 nitrogen and oxygen atoms in total. The van der Waals surface area contributed by atoms with Crippen molar-refractivity contribution in [3.63, 3.8) is 0 Å². The smallest absolute Gasteiger partial charge is 0.305 e. The van der Waals surface area contributed by atoms with Crippen LogP contribution in [0, 0.1) is 5.92 Å². The number of phenolic OH excluding ortho intramolecular Hbond substituents is 1. The minimum Gasteiger partial charge on any atom is -0.508 e. The number of nitrogens with zero attached hydrogens (tertiary/aromatic N) is 1. The number of nitrogens with one attached hydrogen (secondary N) is 13. The van der Waals surface area contributed by atoms with E-state index in [2.05, 4.69) is 74.1 Å². The molecule has 640 valence electrons. The van der Waals surface area contributed by atoms with Gasteiger partial charge in [-0.15, -0.1) is 0 Å². The zero-order valence-electron chi connectivity index (χ0n) is 65.5. The average molecular weight is 1640 g/mol. The number of aliphatic carboxylic acids is 2. The van der Waals surface area contributed by atoms with Crippen LogP contribution in [0.1, 0.15) is 153 Å². The zero-order valence-corrected chi connectivity index (χ0v) is 66.3. The van der Waals surface area contributed by atoms with E-state index in [1.165, 1.54) is 36.0 Å². The SMILES string of the molecule is CSCC[C@H](NC(=O)[C@H](CC(C)C)NC(=O)CNC(=O)[C@H](Cc1ccc(O)cc1)NC(=O)[C@H](Cc1ccccc1)NC(=O)[C@H](CCCN=C(N)N)NC(=O)[C@H](CC(=O)O)NC(=O)[C@H](CCCCN)NC(=O)[C@H](CCCCN)NC(=O)[C@H](CC(=O)O)NC(=O)[C@H](CCCCN)NC(=O)[C@H](CCCCN)NC(=O)[C@@H]1CCC(=O)N1)C(N)=O. The van der Waals surface area contributed by atoms with Crippen LogP contribution in [0.25, 0.3) is 0 Å². The molecule has 0 aliphatic carbocycles. The summed E-state index contributed by atoms with van der Waals surface area (Å²) < 4.78 is 0. The Hall–Kier alpha value is -10.8. The highest BCUT2D eigenvalue weighted by Gasteiger charge is 2.38. The van der Waals surface area contributed by atoms with Gasteiger partial charge in [-0.2, -0.15) is 11.8 Å². The van der Waals surface area contributed by atoms with Crippen LogP contribution in [0.3, 0.4) is 0 Å². The average Bonchev–Trinajstić information content (AvgIpc) is 1.17. The third-order valence-corrected chi connectivity index (χ3v) is 18.9. The van der Waals surface area contributed by atoms with E-state index in [9.17, 15) is 92.0 Å². The van der Waals surface area contributed by atoms with Crippen molar-refractivity contribution in [1.29, 1.82) is 0 Å². The number of rotatable bonds is 58. The van der Waals surface area contributed by atoms with Crippen molar-refractivity contribution < 1.29 is 92.0 Å². The van der Waals surface area contributed by atoms with Gasteiger partial charge in [0.2, 0.25) is 82.7 Å². The minimum atomic E-state index is -2.04. The number of primary amides is 1. The van der Waals surface area contributed by atoms with E-state index >= 15 is 0 Å². The molecule has 3 rings (SSSR count). The first-order valence-electron chi connectivity index (χ1n) is 38.5. The Labute approximate surface area is 672 Å². The Bertz CT molecular complexity index is 3560. The Morgan fingerprint density at radius 3 is 1.23 bits per heavy atom. The predicted octanol–water partition coefficient (Wildman–Crippen LogP) is -5.29. The van der Waals surface area contributed by atoms with Crippen molar-refractivity contribution in [2.24, 2.45) is 51.0 Å². The molecule has 0 radical (unpaired) electrons. The second kappa shape index (κ2) is 54.1. The van der Waals surface area contributed by atoms with Crippen LogP contribution in [-0.2, 0) is 89.6 Å². The van der Waals surface area contributed by atoms with Crippen molar-refractivity contribution in [2.75, 3.05) is 51.3 Å². The Morgan fingerprint density at radius 2 is 0.835 bits per heavy atom. The lowest BCUT2D eigenvalue weighted by atomic mass is 10.0. The largest absolute Gasteiger partial charge is 0.508 e. The van der Waals surface area contributed by atoms with Crippen LogP contribution in [0.4, 0.5) is 0 Å². The summed E-state index contributed by atoms with van der Waals surface area (Å²) in [5, 5.41) is 63.3. The number of nitrogens with two attached hydrogens (primary N) is 7. The Morgan fingerprint density at radius 1 is 0.461 bits per heavy atom. The van der Waals surface area contributed by atoms with Crippen LogP contribution < -0.4 is 109 Å². The lowest BCUT2D eigenvalue weighted by Gasteiger charge is -2.28. The molecule has 0 unspecified atom stereocenters. The highest BCUT2D eigenvalue weighted by Crippen LogP contribution is 2.17. The molecule has 0 spiro atoms. The summed E-state index contributed by atoms with van der Waals surface area (Å²) in [7, 11) is 0. The monoisotopic (exact) mass is 1640 g/mol. The highest BCUT2D eigenvalue weighted by molar-refractivity contribution is 7.98. The zero-order chi connectivity index (χ0) is 85.5. The fourth-order valence-electron chi connectivity index (χ4n) is 12.0. The van der Waals surface area contributed by atoms with Crippen LogP contribution in [0.2, 0.25) is 0 Å². The van der Waals surface area contributed by atoms with Gasteiger partial charge >= 0.3 is 11.9 Å². The number of guanidine groups is 1. The molecule has 0 bridgehead atoms. The molecule has 12 atom stereocenters. The Kier molecular flexibility index (Phi) is 46.3. The molecule has 0 aromatic heterocycles. The number of phenols is 1. The number of carboxylic acids is 2. The van der Waals surface area contributed by atoms with E-state index < -0.39 is 181 Å². The molecule has 1 heterocycles. The molecule has 1 aliphatic rings. The summed E-state index contributed by atoms with van der Waals surface area (Å²) in [6.45, 7) is 3.35.